The van der Waals surface area contributed by atoms with E-state index in [0.717, 1.165) is 55.7 Å². The molecule has 0 amide bonds. The Kier molecular flexibility index (Phi) is 27.9. The van der Waals surface area contributed by atoms with Gasteiger partial charge in [-0.25, -0.2) is 14.6 Å². The maximum absolute atomic E-state index is 13.8. The van der Waals surface area contributed by atoms with Crippen LogP contribution >= 0.6 is 0 Å². The van der Waals surface area contributed by atoms with Gasteiger partial charge in [0.2, 0.25) is 0 Å². The molecule has 18 nitrogen and oxygen atoms in total. The van der Waals surface area contributed by atoms with E-state index >= 15 is 0 Å². The zero-order valence-corrected chi connectivity index (χ0v) is 39.4. The van der Waals surface area contributed by atoms with Crippen LogP contribution in [0.4, 0.5) is 0 Å². The molecule has 0 aliphatic heterocycles. The van der Waals surface area contributed by atoms with Gasteiger partial charge >= 0.3 is 11.7 Å². The lowest BCUT2D eigenvalue weighted by Crippen LogP contribution is -2.43. The highest BCUT2D eigenvalue weighted by Gasteiger charge is 2.25. The smallest absolute Gasteiger partial charge is 0.332 e. The Morgan fingerprint density at radius 1 is 0.621 bits per heavy atom. The zero-order chi connectivity index (χ0) is 47.0. The average molecular weight is 933 g/mol. The minimum Gasteiger partial charge on any atom is -0.478 e. The fourth-order valence-corrected chi connectivity index (χ4v) is 7.96. The normalized spacial score (nSPS) is 14.9. The second-order valence-corrected chi connectivity index (χ2v) is 16.4. The number of rotatable bonds is 33. The Bertz CT molecular complexity index is 1880. The third kappa shape index (κ3) is 20.6. The monoisotopic (exact) mass is 933 g/mol. The van der Waals surface area contributed by atoms with Crippen molar-refractivity contribution in [1.82, 2.24) is 18.7 Å². The number of fused-ring (bicyclic) bond motifs is 1. The van der Waals surface area contributed by atoms with Gasteiger partial charge in [-0.15, -0.1) is 0 Å². The van der Waals surface area contributed by atoms with E-state index in [4.69, 9.17) is 57.8 Å². The number of aliphatic hydroxyl groups is 1. The van der Waals surface area contributed by atoms with Gasteiger partial charge in [0.15, 0.2) is 11.2 Å². The van der Waals surface area contributed by atoms with Crippen molar-refractivity contribution in [3.8, 4) is 11.4 Å². The number of aromatic nitrogens is 4. The molecule has 0 spiro atoms. The fourth-order valence-electron chi connectivity index (χ4n) is 7.96. The lowest BCUT2D eigenvalue weighted by atomic mass is 9.89. The van der Waals surface area contributed by atoms with Crippen molar-refractivity contribution in [2.24, 2.45) is 18.9 Å². The van der Waals surface area contributed by atoms with E-state index in [1.54, 1.807) is 11.7 Å². The van der Waals surface area contributed by atoms with Crippen LogP contribution < -0.4 is 11.2 Å². The Balaban J connectivity index is 0.000000300. The number of benzene rings is 1. The van der Waals surface area contributed by atoms with E-state index < -0.39 is 5.97 Å². The summed E-state index contributed by atoms with van der Waals surface area (Å²) in [6.45, 7) is 9.97. The SMILES string of the molecule is COCCOCCOCCOCCOCCOCCOCCOCCOCCO.Cn1c(-c2ccc(/C=C/C(=O)O)cc2)nc2c1c(=O)n(CC1CCCCC1)c(=O)n2CC1CCCCC1. The molecule has 0 bridgehead atoms. The standard InChI is InChI=1S/C29H36N4O4.C19H40O10/c1-31-25-27(30-26(31)23-15-12-20(13-16-23)14-17-24(34)35)32(18-21-8-4-2-5-9-21)29(37)33(28(25)36)19-22-10-6-3-7-11-22;1-21-4-5-23-8-9-25-12-13-27-16-17-29-19-18-28-15-14-26-11-10-24-7-6-22-3-2-20/h12-17,21-22H,2-11,18-19H2,1H3,(H,34,35);20H,2-19H2,1H3/b17-14+;. The molecule has 3 aromatic rings. The maximum Gasteiger partial charge on any atom is 0.332 e. The molecule has 1 aromatic carbocycles. The molecule has 66 heavy (non-hydrogen) atoms. The number of aliphatic carboxylic acids is 1. The molecule has 2 aliphatic rings. The Morgan fingerprint density at radius 2 is 1.03 bits per heavy atom. The van der Waals surface area contributed by atoms with E-state index in [-0.39, 0.29) is 17.9 Å². The third-order valence-corrected chi connectivity index (χ3v) is 11.4. The number of carboxylic acid groups (broad SMARTS) is 1. The van der Waals surface area contributed by atoms with E-state index in [1.807, 2.05) is 35.9 Å². The molecule has 0 saturated heterocycles. The van der Waals surface area contributed by atoms with Crippen molar-refractivity contribution < 1.29 is 57.6 Å². The number of ether oxygens (including phenoxy) is 9. The van der Waals surface area contributed by atoms with Gasteiger partial charge in [0, 0.05) is 38.9 Å². The number of methoxy groups -OCH3 is 1. The summed E-state index contributed by atoms with van der Waals surface area (Å²) in [4.78, 5) is 43.3. The molecule has 2 aliphatic carbocycles. The summed E-state index contributed by atoms with van der Waals surface area (Å²) in [6.07, 6.45) is 14.1. The lowest BCUT2D eigenvalue weighted by Gasteiger charge is -2.24. The minimum atomic E-state index is -1.00. The second-order valence-electron chi connectivity index (χ2n) is 16.4. The summed E-state index contributed by atoms with van der Waals surface area (Å²) in [5.74, 6) is 0.396. The van der Waals surface area contributed by atoms with E-state index in [1.165, 1.54) is 36.3 Å². The number of hydrogen-bond donors (Lipinski definition) is 2. The number of hydrogen-bond acceptors (Lipinski definition) is 14. The number of carbonyl (C=O) groups is 1. The van der Waals surface area contributed by atoms with E-state index in [9.17, 15) is 14.4 Å². The predicted octanol–water partition coefficient (Wildman–Crippen LogP) is 4.58. The molecule has 18 heteroatoms. The van der Waals surface area contributed by atoms with Gasteiger partial charge in [-0.05, 0) is 49.2 Å². The number of aliphatic hydroxyl groups excluding tert-OH is 1. The molecule has 372 valence electrons. The molecule has 2 aromatic heterocycles. The number of imidazole rings is 1. The van der Waals surface area contributed by atoms with Crippen molar-refractivity contribution in [1.29, 1.82) is 0 Å². The topological polar surface area (TPSA) is 202 Å². The predicted molar refractivity (Wildman–Crippen MR) is 250 cm³/mol. The molecule has 5 rings (SSSR count). The minimum absolute atomic E-state index is 0.0322. The summed E-state index contributed by atoms with van der Waals surface area (Å²) >= 11 is 0. The molecular formula is C48H76N4O14. The molecule has 0 atom stereocenters. The highest BCUT2D eigenvalue weighted by Crippen LogP contribution is 2.28. The van der Waals surface area contributed by atoms with Crippen LogP contribution in [0, 0.1) is 11.8 Å². The highest BCUT2D eigenvalue weighted by atomic mass is 16.6. The van der Waals surface area contributed by atoms with Crippen molar-refractivity contribution in [3.05, 3.63) is 56.7 Å². The largest absolute Gasteiger partial charge is 0.478 e. The molecular weight excluding hydrogens is 857 g/mol. The molecule has 2 heterocycles. The Labute approximate surface area is 389 Å². The van der Waals surface area contributed by atoms with Crippen LogP contribution in [0.25, 0.3) is 28.6 Å². The highest BCUT2D eigenvalue weighted by molar-refractivity contribution is 5.85. The van der Waals surface area contributed by atoms with Crippen LogP contribution in [0.3, 0.4) is 0 Å². The zero-order valence-electron chi connectivity index (χ0n) is 39.4. The maximum atomic E-state index is 13.8. The summed E-state index contributed by atoms with van der Waals surface area (Å²) in [6, 6.07) is 7.38. The quantitative estimate of drug-likeness (QED) is 0.0635. The van der Waals surface area contributed by atoms with Gasteiger partial charge in [0.1, 0.15) is 5.82 Å². The van der Waals surface area contributed by atoms with Gasteiger partial charge in [0.05, 0.1) is 119 Å². The van der Waals surface area contributed by atoms with Crippen LogP contribution in [0.5, 0.6) is 0 Å². The lowest BCUT2D eigenvalue weighted by molar-refractivity contribution is -0.131. The fraction of sp³-hybridized carbons (Fsp3) is 0.708. The number of nitrogens with zero attached hydrogens (tertiary/aromatic N) is 4. The summed E-state index contributed by atoms with van der Waals surface area (Å²) in [5, 5.41) is 17.4. The summed E-state index contributed by atoms with van der Waals surface area (Å²) in [5.41, 5.74) is 2.01. The molecule has 2 fully saturated rings. The molecule has 2 N–H and O–H groups in total. The first kappa shape index (κ1) is 54.8. The molecule has 0 radical (unpaired) electrons. The number of carboxylic acids is 1. The molecule has 2 saturated carbocycles. The van der Waals surface area contributed by atoms with E-state index in [0.29, 0.717) is 154 Å². The Hall–Kier alpha value is -3.82. The first-order chi connectivity index (χ1) is 32.3. The first-order valence-corrected chi connectivity index (χ1v) is 23.8. The third-order valence-electron chi connectivity index (χ3n) is 11.4. The van der Waals surface area contributed by atoms with Crippen molar-refractivity contribution in [2.45, 2.75) is 77.3 Å². The van der Waals surface area contributed by atoms with Crippen LogP contribution in [-0.2, 0) is 67.6 Å². The van der Waals surface area contributed by atoms with Crippen molar-refractivity contribution in [2.75, 3.05) is 126 Å². The second kappa shape index (κ2) is 33.6. The van der Waals surface area contributed by atoms with Gasteiger partial charge in [-0.3, -0.25) is 13.9 Å². The van der Waals surface area contributed by atoms with Crippen LogP contribution in [0.2, 0.25) is 0 Å². The summed E-state index contributed by atoms with van der Waals surface area (Å²) < 4.78 is 52.5. The van der Waals surface area contributed by atoms with Crippen molar-refractivity contribution >= 4 is 23.2 Å². The first-order valence-electron chi connectivity index (χ1n) is 23.8. The van der Waals surface area contributed by atoms with Crippen molar-refractivity contribution in [3.63, 3.8) is 0 Å². The van der Waals surface area contributed by atoms with Crippen LogP contribution in [0.1, 0.15) is 69.8 Å². The Morgan fingerprint density at radius 3 is 1.44 bits per heavy atom. The van der Waals surface area contributed by atoms with Gasteiger partial charge < -0.3 is 57.4 Å². The summed E-state index contributed by atoms with van der Waals surface area (Å²) in [7, 11) is 3.48. The van der Waals surface area contributed by atoms with Gasteiger partial charge in [0.25, 0.3) is 5.56 Å². The average Bonchev–Trinajstić information content (AvgIpc) is 3.68. The number of aryl methyl sites for hydroxylation is 1. The van der Waals surface area contributed by atoms with Crippen LogP contribution in [-0.4, -0.2) is 161 Å². The van der Waals surface area contributed by atoms with Crippen LogP contribution in [0.15, 0.2) is 39.9 Å². The van der Waals surface area contributed by atoms with Gasteiger partial charge in [-0.2, -0.15) is 0 Å². The van der Waals surface area contributed by atoms with Gasteiger partial charge in [-0.1, -0.05) is 62.8 Å². The van der Waals surface area contributed by atoms with E-state index in [2.05, 4.69) is 0 Å². The molecule has 0 unspecified atom stereocenters.